The van der Waals surface area contributed by atoms with Gasteiger partial charge in [0.15, 0.2) is 0 Å². The van der Waals surface area contributed by atoms with Gasteiger partial charge in [-0.2, -0.15) is 15.3 Å². The molecule has 0 aliphatic rings. The van der Waals surface area contributed by atoms with Crippen molar-refractivity contribution in [3.05, 3.63) is 87.3 Å². The summed E-state index contributed by atoms with van der Waals surface area (Å²) < 4.78 is 1.86. The number of aromatic nitrogens is 4. The van der Waals surface area contributed by atoms with Gasteiger partial charge >= 0.3 is 0 Å². The average Bonchev–Trinajstić information content (AvgIpc) is 3.34. The Kier molecular flexibility index (Phi) is 5.88. The Labute approximate surface area is 188 Å². The minimum atomic E-state index is -0.425. The number of hydrogen-bond acceptors (Lipinski definition) is 4. The van der Waals surface area contributed by atoms with Gasteiger partial charge in [-0.05, 0) is 44.2 Å². The molecule has 7 nitrogen and oxygen atoms in total. The van der Waals surface area contributed by atoms with Crippen LogP contribution in [0.15, 0.2) is 59.7 Å². The van der Waals surface area contributed by atoms with E-state index in [0.29, 0.717) is 21.3 Å². The first-order valence-corrected chi connectivity index (χ1v) is 10.2. The van der Waals surface area contributed by atoms with Gasteiger partial charge in [0.1, 0.15) is 5.69 Å². The van der Waals surface area contributed by atoms with E-state index in [1.54, 1.807) is 24.3 Å². The largest absolute Gasteiger partial charge is 0.289 e. The lowest BCUT2D eigenvalue weighted by molar-refractivity contribution is 0.0950. The van der Waals surface area contributed by atoms with Crippen molar-refractivity contribution in [1.82, 2.24) is 25.4 Å². The summed E-state index contributed by atoms with van der Waals surface area (Å²) in [7, 11) is 0. The van der Waals surface area contributed by atoms with E-state index >= 15 is 0 Å². The third-order valence-electron chi connectivity index (χ3n) is 4.70. The number of H-pyrrole nitrogens is 1. The van der Waals surface area contributed by atoms with Gasteiger partial charge in [0.2, 0.25) is 0 Å². The van der Waals surface area contributed by atoms with Gasteiger partial charge in [0.05, 0.1) is 34.0 Å². The number of rotatable bonds is 5. The summed E-state index contributed by atoms with van der Waals surface area (Å²) in [4.78, 5) is 12.4. The van der Waals surface area contributed by atoms with Crippen LogP contribution >= 0.6 is 23.2 Å². The summed E-state index contributed by atoms with van der Waals surface area (Å²) in [6.45, 7) is 3.88. The number of hydrogen-bond donors (Lipinski definition) is 2. The van der Waals surface area contributed by atoms with Gasteiger partial charge in [0, 0.05) is 16.1 Å². The van der Waals surface area contributed by atoms with Crippen LogP contribution in [-0.4, -0.2) is 32.1 Å². The normalized spacial score (nSPS) is 11.2. The van der Waals surface area contributed by atoms with Crippen molar-refractivity contribution < 1.29 is 4.79 Å². The predicted octanol–water partition coefficient (Wildman–Crippen LogP) is 4.95. The molecule has 0 saturated heterocycles. The highest BCUT2D eigenvalue weighted by Gasteiger charge is 2.18. The quantitative estimate of drug-likeness (QED) is 0.331. The minimum Gasteiger partial charge on any atom is -0.272 e. The smallest absolute Gasteiger partial charge is 0.272 e. The van der Waals surface area contributed by atoms with Crippen LogP contribution in [0.4, 0.5) is 0 Å². The molecular formula is C22H18Cl2N6O. The zero-order valence-electron chi connectivity index (χ0n) is 16.7. The van der Waals surface area contributed by atoms with Crippen molar-refractivity contribution in [2.75, 3.05) is 0 Å². The molecule has 0 fully saturated rings. The van der Waals surface area contributed by atoms with Crippen LogP contribution in [0.3, 0.4) is 0 Å². The molecule has 0 saturated carbocycles. The van der Waals surface area contributed by atoms with Crippen molar-refractivity contribution in [3.8, 4) is 16.9 Å². The van der Waals surface area contributed by atoms with E-state index in [-0.39, 0.29) is 5.69 Å². The van der Waals surface area contributed by atoms with E-state index < -0.39 is 5.91 Å². The summed E-state index contributed by atoms with van der Waals surface area (Å²) in [6.07, 6.45) is 1.45. The van der Waals surface area contributed by atoms with Gasteiger partial charge in [-0.3, -0.25) is 9.89 Å². The predicted molar refractivity (Wildman–Crippen MR) is 122 cm³/mol. The van der Waals surface area contributed by atoms with E-state index in [1.165, 1.54) is 6.21 Å². The van der Waals surface area contributed by atoms with Crippen LogP contribution in [0.25, 0.3) is 16.9 Å². The lowest BCUT2D eigenvalue weighted by Crippen LogP contribution is -2.18. The maximum atomic E-state index is 12.4. The average molecular weight is 453 g/mol. The maximum absolute atomic E-state index is 12.4. The van der Waals surface area contributed by atoms with Crippen molar-refractivity contribution >= 4 is 35.3 Å². The summed E-state index contributed by atoms with van der Waals surface area (Å²) >= 11 is 12.0. The van der Waals surface area contributed by atoms with Gasteiger partial charge in [0.25, 0.3) is 5.91 Å². The summed E-state index contributed by atoms with van der Waals surface area (Å²) in [5.41, 5.74) is 7.58. The molecule has 0 spiro atoms. The van der Waals surface area contributed by atoms with Crippen molar-refractivity contribution in [1.29, 1.82) is 0 Å². The van der Waals surface area contributed by atoms with Crippen molar-refractivity contribution in [2.45, 2.75) is 13.8 Å². The first-order chi connectivity index (χ1) is 14.9. The van der Waals surface area contributed by atoms with Crippen LogP contribution in [0.5, 0.6) is 0 Å². The molecule has 2 N–H and O–H groups in total. The summed E-state index contributed by atoms with van der Waals surface area (Å²) in [5, 5.41) is 16.6. The van der Waals surface area contributed by atoms with Gasteiger partial charge in [-0.25, -0.2) is 10.1 Å². The SMILES string of the molecule is Cc1nn(-c2ccccc2)c(C)c1-c1cc(C(=O)NN=Cc2ccc(Cl)cc2Cl)[nH]n1. The second kappa shape index (κ2) is 8.75. The lowest BCUT2D eigenvalue weighted by Gasteiger charge is -2.04. The number of nitrogens with zero attached hydrogens (tertiary/aromatic N) is 4. The molecule has 2 heterocycles. The van der Waals surface area contributed by atoms with Gasteiger partial charge < -0.3 is 0 Å². The van der Waals surface area contributed by atoms with E-state index in [1.807, 2.05) is 48.9 Å². The Morgan fingerprint density at radius 2 is 1.90 bits per heavy atom. The molecule has 0 unspecified atom stereocenters. The molecule has 0 aliphatic heterocycles. The second-order valence-corrected chi connectivity index (χ2v) is 7.67. The van der Waals surface area contributed by atoms with E-state index in [2.05, 4.69) is 25.8 Å². The highest BCUT2D eigenvalue weighted by molar-refractivity contribution is 6.36. The molecule has 2 aromatic heterocycles. The van der Waals surface area contributed by atoms with E-state index in [9.17, 15) is 4.79 Å². The second-order valence-electron chi connectivity index (χ2n) is 6.82. The van der Waals surface area contributed by atoms with E-state index in [0.717, 1.165) is 22.6 Å². The molecule has 0 atom stereocenters. The van der Waals surface area contributed by atoms with Gasteiger partial charge in [-0.1, -0.05) is 47.5 Å². The molecule has 4 aromatic rings. The Balaban J connectivity index is 1.52. The van der Waals surface area contributed by atoms with Crippen LogP contribution in [-0.2, 0) is 0 Å². The minimum absolute atomic E-state index is 0.278. The number of benzene rings is 2. The number of hydrazone groups is 1. The molecule has 0 aliphatic carbocycles. The first kappa shape index (κ1) is 20.8. The van der Waals surface area contributed by atoms with Gasteiger partial charge in [-0.15, -0.1) is 0 Å². The van der Waals surface area contributed by atoms with Crippen molar-refractivity contribution in [3.63, 3.8) is 0 Å². The first-order valence-electron chi connectivity index (χ1n) is 9.40. The molecule has 0 bridgehead atoms. The third kappa shape index (κ3) is 4.38. The molecule has 156 valence electrons. The molecule has 31 heavy (non-hydrogen) atoms. The number of nitrogens with one attached hydrogen (secondary N) is 2. The zero-order chi connectivity index (χ0) is 22.0. The monoisotopic (exact) mass is 452 g/mol. The maximum Gasteiger partial charge on any atom is 0.289 e. The van der Waals surface area contributed by atoms with Crippen LogP contribution in [0, 0.1) is 13.8 Å². The Hall–Kier alpha value is -3.42. The van der Waals surface area contributed by atoms with Crippen LogP contribution < -0.4 is 5.43 Å². The standard InChI is InChI=1S/C22H18Cl2N6O/c1-13-21(14(2)30(29-13)17-6-4-3-5-7-17)19-11-20(27-26-19)22(31)28-25-12-15-8-9-16(23)10-18(15)24/h3-12H,1-2H3,(H,26,27)(H,28,31). The third-order valence-corrected chi connectivity index (χ3v) is 5.27. The highest BCUT2D eigenvalue weighted by Crippen LogP contribution is 2.27. The number of aryl methyl sites for hydroxylation is 1. The summed E-state index contributed by atoms with van der Waals surface area (Å²) in [6, 6.07) is 16.5. The van der Waals surface area contributed by atoms with E-state index in [4.69, 9.17) is 23.2 Å². The number of halogens is 2. The highest BCUT2D eigenvalue weighted by atomic mass is 35.5. The fraction of sp³-hybridized carbons (Fsp3) is 0.0909. The topological polar surface area (TPSA) is 88.0 Å². The summed E-state index contributed by atoms with van der Waals surface area (Å²) in [5.74, 6) is -0.425. The molecule has 9 heteroatoms. The molecule has 4 rings (SSSR count). The number of carbonyl (C=O) groups is 1. The zero-order valence-corrected chi connectivity index (χ0v) is 18.2. The molecule has 1 amide bonds. The molecule has 2 aromatic carbocycles. The lowest BCUT2D eigenvalue weighted by atomic mass is 10.1. The fourth-order valence-electron chi connectivity index (χ4n) is 3.23. The number of aromatic amines is 1. The van der Waals surface area contributed by atoms with Crippen LogP contribution in [0.1, 0.15) is 27.4 Å². The Morgan fingerprint density at radius 1 is 1.13 bits per heavy atom. The molecular weight excluding hydrogens is 435 g/mol. The number of para-hydroxylation sites is 1. The number of amides is 1. The Bertz CT molecular complexity index is 1280. The molecule has 0 radical (unpaired) electrons. The van der Waals surface area contributed by atoms with Crippen molar-refractivity contribution in [2.24, 2.45) is 5.10 Å². The fourth-order valence-corrected chi connectivity index (χ4v) is 3.68. The number of carbonyl (C=O) groups excluding carboxylic acids is 1. The Morgan fingerprint density at radius 3 is 2.65 bits per heavy atom. The van der Waals surface area contributed by atoms with Crippen LogP contribution in [0.2, 0.25) is 10.0 Å².